The standard InChI is InChI=1S/C11H14N2S/c1-8-10(14-11(12)13(8)2)9-6-4-3-5-7-9/h3-8,10,12H,1-2H3/p+1/t8-,10+/m0/s1. The number of rotatable bonds is 1. The van der Waals surface area contributed by atoms with Gasteiger partial charge < -0.3 is 0 Å². The van der Waals surface area contributed by atoms with Gasteiger partial charge in [0.25, 0.3) is 0 Å². The van der Waals surface area contributed by atoms with E-state index in [9.17, 15) is 0 Å². The van der Waals surface area contributed by atoms with Gasteiger partial charge in [-0.25, -0.2) is 0 Å². The van der Waals surface area contributed by atoms with Gasteiger partial charge >= 0.3 is 5.17 Å². The fourth-order valence-corrected chi connectivity index (χ4v) is 2.97. The highest BCUT2D eigenvalue weighted by atomic mass is 32.2. The van der Waals surface area contributed by atoms with Crippen molar-refractivity contribution in [3.05, 3.63) is 35.9 Å². The van der Waals surface area contributed by atoms with Gasteiger partial charge in [0.15, 0.2) is 0 Å². The van der Waals surface area contributed by atoms with Crippen molar-refractivity contribution in [2.24, 2.45) is 5.73 Å². The summed E-state index contributed by atoms with van der Waals surface area (Å²) in [6, 6.07) is 11.0. The van der Waals surface area contributed by atoms with Crippen LogP contribution in [0.25, 0.3) is 0 Å². The van der Waals surface area contributed by atoms with Gasteiger partial charge in [0.2, 0.25) is 0 Å². The van der Waals surface area contributed by atoms with Crippen molar-refractivity contribution in [3.63, 3.8) is 0 Å². The molecule has 0 bridgehead atoms. The number of thioether (sulfide) groups is 1. The summed E-state index contributed by atoms with van der Waals surface area (Å²) in [6.45, 7) is 2.21. The lowest BCUT2D eigenvalue weighted by molar-refractivity contribution is -0.528. The van der Waals surface area contributed by atoms with Crippen molar-refractivity contribution >= 4 is 16.9 Å². The van der Waals surface area contributed by atoms with E-state index < -0.39 is 0 Å². The maximum Gasteiger partial charge on any atom is 0.304 e. The average Bonchev–Trinajstić information content (AvgIpc) is 2.47. The summed E-state index contributed by atoms with van der Waals surface area (Å²) in [7, 11) is 2.05. The second-order valence-electron chi connectivity index (χ2n) is 3.64. The lowest BCUT2D eigenvalue weighted by Gasteiger charge is -2.13. The predicted molar refractivity (Wildman–Crippen MR) is 61.6 cm³/mol. The Kier molecular flexibility index (Phi) is 2.50. The third-order valence-electron chi connectivity index (χ3n) is 2.77. The predicted octanol–water partition coefficient (Wildman–Crippen LogP) is 1.82. The molecular formula is C11H15N2S+. The van der Waals surface area contributed by atoms with Crippen molar-refractivity contribution in [2.45, 2.75) is 18.2 Å². The summed E-state index contributed by atoms with van der Waals surface area (Å²) < 4.78 is 2.14. The highest BCUT2D eigenvalue weighted by Gasteiger charge is 2.34. The zero-order valence-corrected chi connectivity index (χ0v) is 9.29. The van der Waals surface area contributed by atoms with Gasteiger partial charge in [0.1, 0.15) is 6.04 Å². The molecule has 1 aliphatic heterocycles. The van der Waals surface area contributed by atoms with Crippen LogP contribution in [0.5, 0.6) is 0 Å². The summed E-state index contributed by atoms with van der Waals surface area (Å²) in [4.78, 5) is 0. The fourth-order valence-electron chi connectivity index (χ4n) is 1.70. The first kappa shape index (κ1) is 9.59. The molecule has 0 amide bonds. The van der Waals surface area contributed by atoms with E-state index in [0.717, 1.165) is 5.17 Å². The van der Waals surface area contributed by atoms with Crippen LogP contribution in [0, 0.1) is 0 Å². The van der Waals surface area contributed by atoms with E-state index in [1.54, 1.807) is 11.8 Å². The van der Waals surface area contributed by atoms with Crippen LogP contribution in [0.1, 0.15) is 17.7 Å². The van der Waals surface area contributed by atoms with Crippen molar-refractivity contribution < 1.29 is 4.58 Å². The first-order chi connectivity index (χ1) is 6.70. The number of nitrogens with two attached hydrogens (primary N) is 1. The van der Waals surface area contributed by atoms with Crippen molar-refractivity contribution in [2.75, 3.05) is 7.05 Å². The van der Waals surface area contributed by atoms with Crippen LogP contribution in [0.15, 0.2) is 30.3 Å². The molecule has 0 spiro atoms. The first-order valence-electron chi connectivity index (χ1n) is 4.77. The van der Waals surface area contributed by atoms with Crippen LogP contribution in [0.2, 0.25) is 0 Å². The summed E-state index contributed by atoms with van der Waals surface area (Å²) in [5.74, 6) is 0. The van der Waals surface area contributed by atoms with Gasteiger partial charge in [-0.2, -0.15) is 0 Å². The first-order valence-corrected chi connectivity index (χ1v) is 5.65. The molecule has 2 rings (SSSR count). The van der Waals surface area contributed by atoms with E-state index in [-0.39, 0.29) is 0 Å². The van der Waals surface area contributed by atoms with Crippen molar-refractivity contribution in [1.82, 2.24) is 0 Å². The highest BCUT2D eigenvalue weighted by molar-refractivity contribution is 8.14. The maximum atomic E-state index is 5.90. The molecule has 0 saturated carbocycles. The Morgan fingerprint density at radius 3 is 2.43 bits per heavy atom. The molecule has 0 aromatic heterocycles. The molecule has 2 nitrogen and oxygen atoms in total. The molecule has 0 saturated heterocycles. The second-order valence-corrected chi connectivity index (χ2v) is 4.80. The average molecular weight is 207 g/mol. The Morgan fingerprint density at radius 1 is 1.29 bits per heavy atom. The normalized spacial score (nSPS) is 27.0. The Balaban J connectivity index is 2.25. The summed E-state index contributed by atoms with van der Waals surface area (Å²) in [5, 5.41) is 1.40. The number of amidine groups is 1. The number of nitrogens with zero attached hydrogens (tertiary/aromatic N) is 1. The van der Waals surface area contributed by atoms with E-state index in [4.69, 9.17) is 5.73 Å². The lowest BCUT2D eigenvalue weighted by atomic mass is 10.1. The lowest BCUT2D eigenvalue weighted by Crippen LogP contribution is -2.23. The van der Waals surface area contributed by atoms with Crippen LogP contribution in [0.4, 0.5) is 0 Å². The summed E-state index contributed by atoms with van der Waals surface area (Å²) in [6.07, 6.45) is 0. The van der Waals surface area contributed by atoms with Gasteiger partial charge in [0.05, 0.1) is 12.3 Å². The van der Waals surface area contributed by atoms with Crippen LogP contribution in [0.3, 0.4) is 0 Å². The molecule has 74 valence electrons. The quantitative estimate of drug-likeness (QED) is 0.712. The summed E-state index contributed by atoms with van der Waals surface area (Å²) in [5.41, 5.74) is 7.26. The van der Waals surface area contributed by atoms with Crippen molar-refractivity contribution in [3.8, 4) is 0 Å². The fraction of sp³-hybridized carbons (Fsp3) is 0.364. The largest absolute Gasteiger partial charge is 0.304 e. The Labute approximate surface area is 88.8 Å². The molecule has 0 aliphatic carbocycles. The molecule has 14 heavy (non-hydrogen) atoms. The Bertz CT molecular complexity index is 359. The minimum Gasteiger partial charge on any atom is -0.281 e. The molecule has 1 aromatic carbocycles. The smallest absolute Gasteiger partial charge is 0.281 e. The number of benzene rings is 1. The molecule has 2 atom stereocenters. The SMILES string of the molecule is C[C@H]1[C@H](c2ccccc2)SC(N)=[N+]1C. The second kappa shape index (κ2) is 3.65. The molecular weight excluding hydrogens is 192 g/mol. The number of likely N-dealkylation sites (N-methyl/N-ethyl adjacent to an activating group) is 1. The maximum absolute atomic E-state index is 5.90. The molecule has 1 aromatic rings. The Morgan fingerprint density at radius 2 is 1.93 bits per heavy atom. The molecule has 1 heterocycles. The topological polar surface area (TPSA) is 29.0 Å². The Hall–Kier alpha value is -0.960. The third kappa shape index (κ3) is 1.52. The van der Waals surface area contributed by atoms with Crippen LogP contribution < -0.4 is 5.73 Å². The monoisotopic (exact) mass is 207 g/mol. The van der Waals surface area contributed by atoms with Crippen LogP contribution >= 0.6 is 11.8 Å². The van der Waals surface area contributed by atoms with E-state index in [2.05, 4.69) is 42.8 Å². The van der Waals surface area contributed by atoms with E-state index in [1.165, 1.54) is 5.56 Å². The minimum atomic E-state index is 0.473. The molecule has 0 fully saturated rings. The van der Waals surface area contributed by atoms with E-state index in [0.29, 0.717) is 11.3 Å². The van der Waals surface area contributed by atoms with E-state index >= 15 is 0 Å². The van der Waals surface area contributed by atoms with Gasteiger partial charge in [-0.15, -0.1) is 0 Å². The zero-order valence-electron chi connectivity index (χ0n) is 8.47. The zero-order chi connectivity index (χ0) is 10.1. The molecule has 0 unspecified atom stereocenters. The molecule has 3 heteroatoms. The number of hydrogen-bond donors (Lipinski definition) is 1. The van der Waals surface area contributed by atoms with Gasteiger partial charge in [-0.3, -0.25) is 10.3 Å². The number of hydrogen-bond acceptors (Lipinski definition) is 2. The van der Waals surface area contributed by atoms with Crippen molar-refractivity contribution in [1.29, 1.82) is 0 Å². The van der Waals surface area contributed by atoms with Gasteiger partial charge in [-0.1, -0.05) is 30.3 Å². The molecule has 1 aliphatic rings. The van der Waals surface area contributed by atoms with Gasteiger partial charge in [-0.05, 0) is 24.2 Å². The minimum absolute atomic E-state index is 0.473. The highest BCUT2D eigenvalue weighted by Crippen LogP contribution is 2.37. The van der Waals surface area contributed by atoms with E-state index in [1.807, 2.05) is 6.07 Å². The summed E-state index contributed by atoms with van der Waals surface area (Å²) >= 11 is 1.76. The van der Waals surface area contributed by atoms with Crippen LogP contribution in [-0.2, 0) is 0 Å². The molecule has 2 N–H and O–H groups in total. The van der Waals surface area contributed by atoms with Gasteiger partial charge in [0, 0.05) is 0 Å². The van der Waals surface area contributed by atoms with Crippen LogP contribution in [-0.4, -0.2) is 22.8 Å². The molecule has 0 radical (unpaired) electrons. The third-order valence-corrected chi connectivity index (χ3v) is 4.22.